The lowest BCUT2D eigenvalue weighted by Gasteiger charge is -2.29. The summed E-state index contributed by atoms with van der Waals surface area (Å²) in [6, 6.07) is 3.64. The van der Waals surface area contributed by atoms with E-state index in [2.05, 4.69) is 10.3 Å². The molecule has 1 aromatic rings. The van der Waals surface area contributed by atoms with Crippen LogP contribution in [0.15, 0.2) is 18.3 Å². The van der Waals surface area contributed by atoms with Gasteiger partial charge < -0.3 is 15.0 Å². The molecule has 20 heavy (non-hydrogen) atoms. The Balaban J connectivity index is 1.87. The van der Waals surface area contributed by atoms with Gasteiger partial charge >= 0.3 is 0 Å². The van der Waals surface area contributed by atoms with Crippen molar-refractivity contribution < 1.29 is 9.53 Å². The molecule has 0 radical (unpaired) electrons. The maximum absolute atomic E-state index is 12.3. The molecule has 0 spiro atoms. The predicted octanol–water partition coefficient (Wildman–Crippen LogP) is 1.58. The van der Waals surface area contributed by atoms with Crippen LogP contribution in [-0.2, 0) is 11.3 Å². The number of nitrogens with one attached hydrogen (secondary N) is 1. The number of amides is 1. The van der Waals surface area contributed by atoms with Crippen LogP contribution in [0.3, 0.4) is 0 Å². The van der Waals surface area contributed by atoms with E-state index in [-0.39, 0.29) is 11.9 Å². The summed E-state index contributed by atoms with van der Waals surface area (Å²) in [7, 11) is 1.61. The number of methoxy groups -OCH3 is 1. The van der Waals surface area contributed by atoms with Crippen molar-refractivity contribution in [3.05, 3.63) is 23.9 Å². The molecule has 1 atom stereocenters. The van der Waals surface area contributed by atoms with Crippen LogP contribution in [0.2, 0.25) is 0 Å². The van der Waals surface area contributed by atoms with Crippen LogP contribution in [0.4, 0.5) is 0 Å². The first kappa shape index (κ1) is 14.8. The molecule has 1 amide bonds. The van der Waals surface area contributed by atoms with Gasteiger partial charge in [0.1, 0.15) is 0 Å². The first-order valence-electron chi connectivity index (χ1n) is 7.22. The van der Waals surface area contributed by atoms with Crippen LogP contribution in [0.1, 0.15) is 31.7 Å². The SMILES string of the molecule is COc1ncccc1CNC(C)C(=O)N1CCCCC1. The van der Waals surface area contributed by atoms with Crippen molar-refractivity contribution >= 4 is 5.91 Å². The zero-order valence-electron chi connectivity index (χ0n) is 12.3. The predicted molar refractivity (Wildman–Crippen MR) is 77.5 cm³/mol. The van der Waals surface area contributed by atoms with E-state index in [4.69, 9.17) is 4.74 Å². The Morgan fingerprint density at radius 2 is 2.20 bits per heavy atom. The summed E-state index contributed by atoms with van der Waals surface area (Å²) in [5.41, 5.74) is 0.966. The Morgan fingerprint density at radius 3 is 2.90 bits per heavy atom. The molecule has 1 fully saturated rings. The number of likely N-dealkylation sites (tertiary alicyclic amines) is 1. The number of carbonyl (C=O) groups is 1. The Hall–Kier alpha value is -1.62. The third kappa shape index (κ3) is 3.70. The van der Waals surface area contributed by atoms with Gasteiger partial charge in [0.15, 0.2) is 0 Å². The van der Waals surface area contributed by atoms with Gasteiger partial charge in [0.25, 0.3) is 0 Å². The fourth-order valence-electron chi connectivity index (χ4n) is 2.48. The van der Waals surface area contributed by atoms with Crippen molar-refractivity contribution in [2.24, 2.45) is 0 Å². The fraction of sp³-hybridized carbons (Fsp3) is 0.600. The summed E-state index contributed by atoms with van der Waals surface area (Å²) in [6.07, 6.45) is 5.17. The molecule has 0 aromatic carbocycles. The summed E-state index contributed by atoms with van der Waals surface area (Å²) >= 11 is 0. The van der Waals surface area contributed by atoms with Crippen LogP contribution in [-0.4, -0.2) is 42.0 Å². The molecule has 5 nitrogen and oxygen atoms in total. The van der Waals surface area contributed by atoms with Gasteiger partial charge in [0.2, 0.25) is 11.8 Å². The van der Waals surface area contributed by atoms with E-state index in [9.17, 15) is 4.79 Å². The van der Waals surface area contributed by atoms with Gasteiger partial charge in [0.05, 0.1) is 13.2 Å². The second kappa shape index (κ2) is 7.24. The molecule has 1 aliphatic rings. The molecule has 1 aliphatic heterocycles. The molecule has 5 heteroatoms. The van der Waals surface area contributed by atoms with Crippen molar-refractivity contribution in [1.29, 1.82) is 0 Å². The molecule has 0 saturated carbocycles. The van der Waals surface area contributed by atoms with E-state index < -0.39 is 0 Å². The molecule has 1 saturated heterocycles. The number of hydrogen-bond donors (Lipinski definition) is 1. The topological polar surface area (TPSA) is 54.5 Å². The number of rotatable bonds is 5. The summed E-state index contributed by atoms with van der Waals surface area (Å²) in [6.45, 7) is 4.28. The maximum Gasteiger partial charge on any atom is 0.239 e. The molecule has 110 valence electrons. The summed E-state index contributed by atoms with van der Waals surface area (Å²) in [4.78, 5) is 18.4. The van der Waals surface area contributed by atoms with Gasteiger partial charge in [-0.3, -0.25) is 4.79 Å². The van der Waals surface area contributed by atoms with Crippen molar-refractivity contribution in [1.82, 2.24) is 15.2 Å². The molecule has 1 aromatic heterocycles. The lowest BCUT2D eigenvalue weighted by atomic mass is 10.1. The normalized spacial score (nSPS) is 16.8. The van der Waals surface area contributed by atoms with Crippen LogP contribution in [0.5, 0.6) is 5.88 Å². The molecule has 2 rings (SSSR count). The van der Waals surface area contributed by atoms with Crippen molar-refractivity contribution in [2.45, 2.75) is 38.8 Å². The molecule has 1 unspecified atom stereocenters. The molecular weight excluding hydrogens is 254 g/mol. The number of piperidine rings is 1. The first-order chi connectivity index (χ1) is 9.72. The van der Waals surface area contributed by atoms with E-state index in [0.29, 0.717) is 12.4 Å². The molecular formula is C15H23N3O2. The van der Waals surface area contributed by atoms with E-state index in [0.717, 1.165) is 31.5 Å². The van der Waals surface area contributed by atoms with Crippen LogP contribution >= 0.6 is 0 Å². The highest BCUT2D eigenvalue weighted by atomic mass is 16.5. The molecule has 0 aliphatic carbocycles. The van der Waals surface area contributed by atoms with Gasteiger partial charge in [-0.2, -0.15) is 0 Å². The Bertz CT molecular complexity index is 444. The number of nitrogens with zero attached hydrogens (tertiary/aromatic N) is 2. The lowest BCUT2D eigenvalue weighted by molar-refractivity contribution is -0.133. The van der Waals surface area contributed by atoms with Crippen LogP contribution in [0.25, 0.3) is 0 Å². The molecule has 1 N–H and O–H groups in total. The summed E-state index contributed by atoms with van der Waals surface area (Å²) in [5.74, 6) is 0.796. The standard InChI is InChI=1S/C15H23N3O2/c1-12(15(19)18-9-4-3-5-10-18)17-11-13-7-6-8-16-14(13)20-2/h6-8,12,17H,3-5,9-11H2,1-2H3. The van der Waals surface area contributed by atoms with Crippen molar-refractivity contribution in [3.8, 4) is 5.88 Å². The highest BCUT2D eigenvalue weighted by molar-refractivity contribution is 5.81. The van der Waals surface area contributed by atoms with E-state index in [1.165, 1.54) is 6.42 Å². The highest BCUT2D eigenvalue weighted by Gasteiger charge is 2.21. The van der Waals surface area contributed by atoms with Gasteiger partial charge in [-0.05, 0) is 32.3 Å². The summed E-state index contributed by atoms with van der Waals surface area (Å²) in [5, 5.41) is 3.26. The average Bonchev–Trinajstić information content (AvgIpc) is 2.53. The highest BCUT2D eigenvalue weighted by Crippen LogP contribution is 2.14. The maximum atomic E-state index is 12.3. The number of hydrogen-bond acceptors (Lipinski definition) is 4. The average molecular weight is 277 g/mol. The quantitative estimate of drug-likeness (QED) is 0.888. The number of aromatic nitrogens is 1. The Morgan fingerprint density at radius 1 is 1.45 bits per heavy atom. The van der Waals surface area contributed by atoms with Crippen molar-refractivity contribution in [2.75, 3.05) is 20.2 Å². The third-order valence-electron chi connectivity index (χ3n) is 3.68. The second-order valence-corrected chi connectivity index (χ2v) is 5.16. The van der Waals surface area contributed by atoms with Gasteiger partial charge in [-0.25, -0.2) is 4.98 Å². The largest absolute Gasteiger partial charge is 0.481 e. The van der Waals surface area contributed by atoms with Gasteiger partial charge in [-0.1, -0.05) is 6.07 Å². The minimum atomic E-state index is -0.182. The smallest absolute Gasteiger partial charge is 0.239 e. The minimum absolute atomic E-state index is 0.182. The third-order valence-corrected chi connectivity index (χ3v) is 3.68. The fourth-order valence-corrected chi connectivity index (χ4v) is 2.48. The van der Waals surface area contributed by atoms with E-state index in [1.54, 1.807) is 13.3 Å². The zero-order valence-corrected chi connectivity index (χ0v) is 12.3. The van der Waals surface area contributed by atoms with Crippen LogP contribution < -0.4 is 10.1 Å². The van der Waals surface area contributed by atoms with Gasteiger partial charge in [0, 0.05) is 31.4 Å². The van der Waals surface area contributed by atoms with E-state index >= 15 is 0 Å². The van der Waals surface area contributed by atoms with Crippen molar-refractivity contribution in [3.63, 3.8) is 0 Å². The lowest BCUT2D eigenvalue weighted by Crippen LogP contribution is -2.46. The Labute approximate surface area is 120 Å². The first-order valence-corrected chi connectivity index (χ1v) is 7.22. The second-order valence-electron chi connectivity index (χ2n) is 5.16. The molecule has 0 bridgehead atoms. The van der Waals surface area contributed by atoms with E-state index in [1.807, 2.05) is 24.0 Å². The Kier molecular flexibility index (Phi) is 5.35. The number of ether oxygens (including phenoxy) is 1. The van der Waals surface area contributed by atoms with Gasteiger partial charge in [-0.15, -0.1) is 0 Å². The number of pyridine rings is 1. The van der Waals surface area contributed by atoms with Crippen LogP contribution in [0, 0.1) is 0 Å². The zero-order chi connectivity index (χ0) is 14.4. The monoisotopic (exact) mass is 277 g/mol. The molecule has 2 heterocycles. The summed E-state index contributed by atoms with van der Waals surface area (Å²) < 4.78 is 5.21. The number of carbonyl (C=O) groups excluding carboxylic acids is 1. The minimum Gasteiger partial charge on any atom is -0.481 e.